The molecule has 0 aliphatic carbocycles. The molecule has 2 aromatic rings. The van der Waals surface area contributed by atoms with Gasteiger partial charge in [0.15, 0.2) is 0 Å². The summed E-state index contributed by atoms with van der Waals surface area (Å²) in [6.07, 6.45) is 0. The average Bonchev–Trinajstić information content (AvgIpc) is 2.96. The van der Waals surface area contributed by atoms with Gasteiger partial charge in [-0.1, -0.05) is 39.0 Å². The van der Waals surface area contributed by atoms with E-state index in [1.165, 1.54) is 6.07 Å². The molecule has 0 saturated carbocycles. The van der Waals surface area contributed by atoms with Gasteiger partial charge in [-0.15, -0.1) is 5.10 Å². The standard InChI is InChI=1S/C17H17N5O3/c1-17(2,3)14-13-12(9-6-4-5-7-11(9)22(23)24)10(8-18)15(19)25-16(13)21-20-14/h4-7,10,12,19H,1-3H3,(H,20,21). The molecule has 1 aromatic carbocycles. The van der Waals surface area contributed by atoms with Gasteiger partial charge < -0.3 is 4.74 Å². The van der Waals surface area contributed by atoms with Crippen LogP contribution in [0.3, 0.4) is 0 Å². The Kier molecular flexibility index (Phi) is 3.80. The largest absolute Gasteiger partial charge is 0.422 e. The fraction of sp³-hybridized carbons (Fsp3) is 0.353. The number of nitro benzene ring substituents is 1. The van der Waals surface area contributed by atoms with Crippen LogP contribution in [-0.2, 0) is 5.41 Å². The van der Waals surface area contributed by atoms with Gasteiger partial charge in [0.25, 0.3) is 5.69 Å². The lowest BCUT2D eigenvalue weighted by Crippen LogP contribution is -2.32. The van der Waals surface area contributed by atoms with Crippen LogP contribution in [0.2, 0.25) is 0 Å². The number of aromatic amines is 1. The highest BCUT2D eigenvalue weighted by atomic mass is 16.6. The minimum Gasteiger partial charge on any atom is -0.422 e. The summed E-state index contributed by atoms with van der Waals surface area (Å²) < 4.78 is 5.41. The van der Waals surface area contributed by atoms with Crippen LogP contribution in [0.25, 0.3) is 0 Å². The lowest BCUT2D eigenvalue weighted by Gasteiger charge is -2.30. The van der Waals surface area contributed by atoms with Crippen molar-refractivity contribution in [2.45, 2.75) is 32.1 Å². The molecule has 1 aromatic heterocycles. The molecule has 0 amide bonds. The fourth-order valence-electron chi connectivity index (χ4n) is 3.14. The zero-order chi connectivity index (χ0) is 18.4. The van der Waals surface area contributed by atoms with Crippen molar-refractivity contribution in [3.05, 3.63) is 51.2 Å². The van der Waals surface area contributed by atoms with Crippen LogP contribution in [0.15, 0.2) is 24.3 Å². The molecule has 2 atom stereocenters. The number of nitriles is 1. The quantitative estimate of drug-likeness (QED) is 0.641. The predicted molar refractivity (Wildman–Crippen MR) is 89.7 cm³/mol. The van der Waals surface area contributed by atoms with Crippen molar-refractivity contribution in [2.75, 3.05) is 0 Å². The molecule has 0 bridgehead atoms. The van der Waals surface area contributed by atoms with Crippen LogP contribution in [0.5, 0.6) is 5.88 Å². The summed E-state index contributed by atoms with van der Waals surface area (Å²) in [5.74, 6) is -1.72. The molecular weight excluding hydrogens is 322 g/mol. The van der Waals surface area contributed by atoms with E-state index in [9.17, 15) is 15.4 Å². The summed E-state index contributed by atoms with van der Waals surface area (Å²) in [5.41, 5.74) is 1.28. The number of nitrogens with zero attached hydrogens (tertiary/aromatic N) is 3. The number of ether oxygens (including phenoxy) is 1. The number of para-hydroxylation sites is 1. The van der Waals surface area contributed by atoms with Gasteiger partial charge in [-0.3, -0.25) is 20.6 Å². The van der Waals surface area contributed by atoms with Crippen molar-refractivity contribution in [3.8, 4) is 11.9 Å². The maximum Gasteiger partial charge on any atom is 0.273 e. The molecule has 0 radical (unpaired) electrons. The molecular formula is C17H17N5O3. The van der Waals surface area contributed by atoms with Crippen molar-refractivity contribution >= 4 is 11.6 Å². The van der Waals surface area contributed by atoms with Crippen molar-refractivity contribution in [1.82, 2.24) is 10.2 Å². The van der Waals surface area contributed by atoms with Crippen LogP contribution >= 0.6 is 0 Å². The highest BCUT2D eigenvalue weighted by molar-refractivity contribution is 5.85. The topological polar surface area (TPSA) is 129 Å². The molecule has 0 saturated heterocycles. The Balaban J connectivity index is 2.32. The number of benzene rings is 1. The third-order valence-electron chi connectivity index (χ3n) is 4.26. The third kappa shape index (κ3) is 2.63. The van der Waals surface area contributed by atoms with Crippen LogP contribution in [0.1, 0.15) is 43.5 Å². The van der Waals surface area contributed by atoms with E-state index in [2.05, 4.69) is 16.3 Å². The molecule has 2 N–H and O–H groups in total. The second-order valence-electron chi connectivity index (χ2n) is 6.93. The van der Waals surface area contributed by atoms with E-state index >= 15 is 0 Å². The van der Waals surface area contributed by atoms with Gasteiger partial charge in [-0.05, 0) is 0 Å². The first-order chi connectivity index (χ1) is 11.8. The molecule has 1 aliphatic rings. The lowest BCUT2D eigenvalue weighted by molar-refractivity contribution is -0.385. The lowest BCUT2D eigenvalue weighted by atomic mass is 9.75. The monoisotopic (exact) mass is 339 g/mol. The Labute approximate surface area is 144 Å². The maximum atomic E-state index is 11.5. The summed E-state index contributed by atoms with van der Waals surface area (Å²) in [6, 6.07) is 8.35. The van der Waals surface area contributed by atoms with E-state index in [4.69, 9.17) is 10.1 Å². The number of H-pyrrole nitrogens is 1. The molecule has 0 spiro atoms. The maximum absolute atomic E-state index is 11.5. The number of rotatable bonds is 2. The molecule has 25 heavy (non-hydrogen) atoms. The normalized spacial score (nSPS) is 19.7. The molecule has 1 aliphatic heterocycles. The SMILES string of the molecule is CC(C)(C)c1[nH]nc2c1C(c1ccccc1[N+](=O)[O-])C(C#N)C(=N)O2. The van der Waals surface area contributed by atoms with Crippen molar-refractivity contribution in [3.63, 3.8) is 0 Å². The van der Waals surface area contributed by atoms with Gasteiger partial charge in [0.05, 0.1) is 11.0 Å². The highest BCUT2D eigenvalue weighted by Gasteiger charge is 2.44. The Bertz CT molecular complexity index is 904. The summed E-state index contributed by atoms with van der Waals surface area (Å²) in [6.45, 7) is 5.91. The first-order valence-corrected chi connectivity index (χ1v) is 7.73. The number of aromatic nitrogens is 2. The van der Waals surface area contributed by atoms with E-state index in [-0.39, 0.29) is 22.9 Å². The first-order valence-electron chi connectivity index (χ1n) is 7.73. The van der Waals surface area contributed by atoms with Crippen LogP contribution in [0, 0.1) is 32.8 Å². The Morgan fingerprint density at radius 2 is 2.08 bits per heavy atom. The van der Waals surface area contributed by atoms with E-state index in [1.807, 2.05) is 20.8 Å². The Hall–Kier alpha value is -3.21. The second kappa shape index (κ2) is 5.70. The zero-order valence-electron chi connectivity index (χ0n) is 14.0. The van der Waals surface area contributed by atoms with E-state index < -0.39 is 16.8 Å². The predicted octanol–water partition coefficient (Wildman–Crippen LogP) is 3.26. The Morgan fingerprint density at radius 1 is 1.40 bits per heavy atom. The number of nitrogens with one attached hydrogen (secondary N) is 2. The third-order valence-corrected chi connectivity index (χ3v) is 4.26. The summed E-state index contributed by atoms with van der Waals surface area (Å²) in [4.78, 5) is 11.0. The van der Waals surface area contributed by atoms with Gasteiger partial charge in [-0.25, -0.2) is 0 Å². The van der Waals surface area contributed by atoms with Gasteiger partial charge in [0.2, 0.25) is 11.8 Å². The number of hydrogen-bond donors (Lipinski definition) is 2. The average molecular weight is 339 g/mol. The van der Waals surface area contributed by atoms with Crippen LogP contribution in [-0.4, -0.2) is 21.0 Å². The molecule has 2 unspecified atom stereocenters. The minimum absolute atomic E-state index is 0.0885. The van der Waals surface area contributed by atoms with Gasteiger partial charge in [0.1, 0.15) is 5.92 Å². The van der Waals surface area contributed by atoms with Crippen LogP contribution in [0.4, 0.5) is 5.69 Å². The Morgan fingerprint density at radius 3 is 2.68 bits per heavy atom. The van der Waals surface area contributed by atoms with Gasteiger partial charge in [0, 0.05) is 34.2 Å². The van der Waals surface area contributed by atoms with Crippen molar-refractivity contribution in [1.29, 1.82) is 10.7 Å². The van der Waals surface area contributed by atoms with Crippen molar-refractivity contribution in [2.24, 2.45) is 5.92 Å². The first kappa shape index (κ1) is 16.6. The smallest absolute Gasteiger partial charge is 0.273 e. The summed E-state index contributed by atoms with van der Waals surface area (Å²) >= 11 is 0. The second-order valence-corrected chi connectivity index (χ2v) is 6.93. The molecule has 2 heterocycles. The zero-order valence-corrected chi connectivity index (χ0v) is 14.0. The van der Waals surface area contributed by atoms with Gasteiger partial charge >= 0.3 is 0 Å². The van der Waals surface area contributed by atoms with E-state index in [1.54, 1.807) is 18.2 Å². The van der Waals surface area contributed by atoms with E-state index in [0.29, 0.717) is 11.1 Å². The van der Waals surface area contributed by atoms with Crippen molar-refractivity contribution < 1.29 is 9.66 Å². The highest BCUT2D eigenvalue weighted by Crippen LogP contribution is 2.47. The number of fused-ring (bicyclic) bond motifs is 1. The summed E-state index contributed by atoms with van der Waals surface area (Å²) in [7, 11) is 0. The molecule has 3 rings (SSSR count). The van der Waals surface area contributed by atoms with Crippen LogP contribution < -0.4 is 4.74 Å². The molecule has 128 valence electrons. The molecule has 0 fully saturated rings. The summed E-state index contributed by atoms with van der Waals surface area (Å²) in [5, 5.41) is 36.2. The van der Waals surface area contributed by atoms with E-state index in [0.717, 1.165) is 5.69 Å². The van der Waals surface area contributed by atoms with Gasteiger partial charge in [-0.2, -0.15) is 5.26 Å². The fourth-order valence-corrected chi connectivity index (χ4v) is 3.14. The minimum atomic E-state index is -0.965. The number of hydrogen-bond acceptors (Lipinski definition) is 6. The molecule has 8 heteroatoms. The number of nitro groups is 1. The molecule has 8 nitrogen and oxygen atoms in total.